The fourth-order valence-corrected chi connectivity index (χ4v) is 1.69. The Morgan fingerprint density at radius 1 is 1.27 bits per heavy atom. The summed E-state index contributed by atoms with van der Waals surface area (Å²) in [5, 5.41) is 13.8. The molecule has 0 amide bonds. The van der Waals surface area contributed by atoms with Gasteiger partial charge in [0.05, 0.1) is 4.92 Å². The van der Waals surface area contributed by atoms with Crippen molar-refractivity contribution in [3.05, 3.63) is 52.1 Å². The van der Waals surface area contributed by atoms with Crippen LogP contribution in [0.25, 0.3) is 0 Å². The third-order valence-corrected chi connectivity index (χ3v) is 2.53. The van der Waals surface area contributed by atoms with E-state index in [0.29, 0.717) is 0 Å². The van der Waals surface area contributed by atoms with Crippen molar-refractivity contribution in [2.75, 3.05) is 6.54 Å². The summed E-state index contributed by atoms with van der Waals surface area (Å²) < 4.78 is 0. The van der Waals surface area contributed by atoms with E-state index < -0.39 is 0 Å². The molecule has 1 heterocycles. The molecule has 2 rings (SSSR count). The molecule has 1 N–H and O–H groups in total. The molecule has 0 aromatic heterocycles. The molecule has 1 aromatic carbocycles. The van der Waals surface area contributed by atoms with Crippen LogP contribution in [0.2, 0.25) is 0 Å². The van der Waals surface area contributed by atoms with Gasteiger partial charge in [-0.1, -0.05) is 24.3 Å². The van der Waals surface area contributed by atoms with Crippen LogP contribution in [0.4, 0.5) is 5.69 Å². The Morgan fingerprint density at radius 2 is 2.00 bits per heavy atom. The number of benzene rings is 1. The summed E-state index contributed by atoms with van der Waals surface area (Å²) in [6, 6.07) is 7.02. The van der Waals surface area contributed by atoms with Crippen LogP contribution in [0.1, 0.15) is 18.0 Å². The summed E-state index contributed by atoms with van der Waals surface area (Å²) in [5.74, 6) is 0. The van der Waals surface area contributed by atoms with Crippen LogP contribution in [0.3, 0.4) is 0 Å². The zero-order chi connectivity index (χ0) is 10.7. The van der Waals surface area contributed by atoms with Crippen molar-refractivity contribution in [2.45, 2.75) is 12.5 Å². The summed E-state index contributed by atoms with van der Waals surface area (Å²) in [4.78, 5) is 10.1. The second-order valence-electron chi connectivity index (χ2n) is 3.52. The number of nitrogens with one attached hydrogen (secondary N) is 1. The minimum absolute atomic E-state index is 0.144. The fraction of sp³-hybridized carbons (Fsp3) is 0.273. The smallest absolute Gasteiger partial charge is 0.269 e. The number of hydrogen-bond donors (Lipinski definition) is 1. The molecule has 1 aliphatic heterocycles. The molecule has 15 heavy (non-hydrogen) atoms. The maximum atomic E-state index is 10.5. The molecule has 0 unspecified atom stereocenters. The maximum absolute atomic E-state index is 10.5. The highest BCUT2D eigenvalue weighted by molar-refractivity contribution is 5.34. The molecule has 4 nitrogen and oxygen atoms in total. The van der Waals surface area contributed by atoms with Crippen molar-refractivity contribution in [3.63, 3.8) is 0 Å². The summed E-state index contributed by atoms with van der Waals surface area (Å²) in [6.07, 6.45) is 5.16. The van der Waals surface area contributed by atoms with Crippen LogP contribution in [0.5, 0.6) is 0 Å². The van der Waals surface area contributed by atoms with Gasteiger partial charge in [0, 0.05) is 24.7 Å². The van der Waals surface area contributed by atoms with E-state index in [1.165, 1.54) is 0 Å². The van der Waals surface area contributed by atoms with Crippen LogP contribution < -0.4 is 5.32 Å². The van der Waals surface area contributed by atoms with Crippen LogP contribution in [0, 0.1) is 10.1 Å². The zero-order valence-corrected chi connectivity index (χ0v) is 8.22. The molecule has 0 saturated carbocycles. The van der Waals surface area contributed by atoms with Crippen molar-refractivity contribution in [1.29, 1.82) is 0 Å². The molecule has 1 atom stereocenters. The van der Waals surface area contributed by atoms with E-state index in [4.69, 9.17) is 0 Å². The summed E-state index contributed by atoms with van der Waals surface area (Å²) in [5.41, 5.74) is 1.25. The number of hydrogen-bond acceptors (Lipinski definition) is 3. The van der Waals surface area contributed by atoms with Crippen LogP contribution >= 0.6 is 0 Å². The highest BCUT2D eigenvalue weighted by atomic mass is 16.6. The Labute approximate surface area is 87.8 Å². The quantitative estimate of drug-likeness (QED) is 0.456. The number of nitro benzene ring substituents is 1. The van der Waals surface area contributed by atoms with Gasteiger partial charge in [-0.2, -0.15) is 0 Å². The topological polar surface area (TPSA) is 55.2 Å². The minimum Gasteiger partial charge on any atom is -0.306 e. The predicted octanol–water partition coefficient (Wildman–Crippen LogP) is 2.19. The second-order valence-corrected chi connectivity index (χ2v) is 3.52. The Bertz CT molecular complexity index is 384. The normalized spacial score (nSPS) is 20.1. The van der Waals surface area contributed by atoms with E-state index in [1.54, 1.807) is 12.1 Å². The standard InChI is InChI=1S/C11H12N2O2/c14-13(15)10-6-4-9(5-7-10)11-3-1-2-8-12-11/h1-2,4-7,11-12H,3,8H2/t11-/m0/s1. The van der Waals surface area contributed by atoms with Crippen LogP contribution in [-0.2, 0) is 0 Å². The number of non-ortho nitro benzene ring substituents is 1. The van der Waals surface area contributed by atoms with Crippen molar-refractivity contribution in [3.8, 4) is 0 Å². The van der Waals surface area contributed by atoms with Gasteiger partial charge in [0.2, 0.25) is 0 Å². The van der Waals surface area contributed by atoms with E-state index in [0.717, 1.165) is 18.5 Å². The molecule has 1 aromatic rings. The first kappa shape index (κ1) is 9.86. The Hall–Kier alpha value is -1.68. The molecular formula is C11H12N2O2. The van der Waals surface area contributed by atoms with Crippen LogP contribution in [0.15, 0.2) is 36.4 Å². The summed E-state index contributed by atoms with van der Waals surface area (Å²) in [7, 11) is 0. The van der Waals surface area contributed by atoms with Crippen molar-refractivity contribution >= 4 is 5.69 Å². The molecule has 0 fully saturated rings. The monoisotopic (exact) mass is 204 g/mol. The van der Waals surface area contributed by atoms with Crippen molar-refractivity contribution in [2.24, 2.45) is 0 Å². The van der Waals surface area contributed by atoms with Crippen molar-refractivity contribution < 1.29 is 4.92 Å². The molecular weight excluding hydrogens is 192 g/mol. The largest absolute Gasteiger partial charge is 0.306 e. The first-order valence-corrected chi connectivity index (χ1v) is 4.90. The fourth-order valence-electron chi connectivity index (χ4n) is 1.69. The van der Waals surface area contributed by atoms with Crippen LogP contribution in [-0.4, -0.2) is 11.5 Å². The Balaban J connectivity index is 2.16. The van der Waals surface area contributed by atoms with Gasteiger partial charge in [-0.3, -0.25) is 10.1 Å². The molecule has 0 radical (unpaired) electrons. The van der Waals surface area contributed by atoms with Gasteiger partial charge in [-0.25, -0.2) is 0 Å². The third kappa shape index (κ3) is 2.22. The number of nitro groups is 1. The lowest BCUT2D eigenvalue weighted by atomic mass is 10.0. The van der Waals surface area contributed by atoms with Gasteiger partial charge < -0.3 is 5.32 Å². The zero-order valence-electron chi connectivity index (χ0n) is 8.22. The first-order valence-electron chi connectivity index (χ1n) is 4.90. The van der Waals surface area contributed by atoms with Gasteiger partial charge in [0.15, 0.2) is 0 Å². The average Bonchev–Trinajstić information content (AvgIpc) is 2.30. The maximum Gasteiger partial charge on any atom is 0.269 e. The molecule has 1 aliphatic rings. The molecule has 0 spiro atoms. The first-order chi connectivity index (χ1) is 7.27. The highest BCUT2D eigenvalue weighted by Crippen LogP contribution is 2.21. The number of rotatable bonds is 2. The average molecular weight is 204 g/mol. The SMILES string of the molecule is O=[N+]([O-])c1ccc([C@@H]2CC=CCN2)cc1. The van der Waals surface area contributed by atoms with E-state index >= 15 is 0 Å². The van der Waals surface area contributed by atoms with Gasteiger partial charge in [-0.05, 0) is 12.0 Å². The lowest BCUT2D eigenvalue weighted by Gasteiger charge is -2.19. The van der Waals surface area contributed by atoms with E-state index in [2.05, 4.69) is 17.5 Å². The summed E-state index contributed by atoms with van der Waals surface area (Å²) in [6.45, 7) is 0.863. The third-order valence-electron chi connectivity index (χ3n) is 2.53. The van der Waals surface area contributed by atoms with E-state index in [1.807, 2.05) is 12.1 Å². The van der Waals surface area contributed by atoms with Gasteiger partial charge in [0.1, 0.15) is 0 Å². The minimum atomic E-state index is -0.377. The lowest BCUT2D eigenvalue weighted by Crippen LogP contribution is -2.23. The lowest BCUT2D eigenvalue weighted by molar-refractivity contribution is -0.384. The van der Waals surface area contributed by atoms with E-state index in [9.17, 15) is 10.1 Å². The Morgan fingerprint density at radius 3 is 2.53 bits per heavy atom. The van der Waals surface area contributed by atoms with E-state index in [-0.39, 0.29) is 16.7 Å². The molecule has 78 valence electrons. The van der Waals surface area contributed by atoms with Crippen molar-refractivity contribution in [1.82, 2.24) is 5.32 Å². The molecule has 0 bridgehead atoms. The predicted molar refractivity (Wildman–Crippen MR) is 57.6 cm³/mol. The van der Waals surface area contributed by atoms with Gasteiger partial charge in [-0.15, -0.1) is 0 Å². The second kappa shape index (κ2) is 4.23. The molecule has 0 saturated heterocycles. The van der Waals surface area contributed by atoms with Gasteiger partial charge >= 0.3 is 0 Å². The molecule has 0 aliphatic carbocycles. The molecule has 4 heteroatoms. The summed E-state index contributed by atoms with van der Waals surface area (Å²) >= 11 is 0. The highest BCUT2D eigenvalue weighted by Gasteiger charge is 2.12. The Kier molecular flexibility index (Phi) is 2.78. The van der Waals surface area contributed by atoms with Gasteiger partial charge in [0.25, 0.3) is 5.69 Å². The number of nitrogens with zero attached hydrogens (tertiary/aromatic N) is 1.